The summed E-state index contributed by atoms with van der Waals surface area (Å²) in [5.74, 6) is -4.23. The van der Waals surface area contributed by atoms with Crippen LogP contribution in [0, 0.1) is 17.3 Å². The van der Waals surface area contributed by atoms with E-state index in [1.807, 2.05) is 20.1 Å². The lowest BCUT2D eigenvalue weighted by atomic mass is 9.52. The minimum Gasteiger partial charge on any atom is -0.451 e. The molecule has 0 spiro atoms. The second-order valence-electron chi connectivity index (χ2n) is 18.1. The maximum atomic E-state index is 15.3. The lowest BCUT2D eigenvalue weighted by Crippen LogP contribution is -2.71. The zero-order valence-corrected chi connectivity index (χ0v) is 39.6. The van der Waals surface area contributed by atoms with Crippen molar-refractivity contribution in [2.24, 2.45) is 17.3 Å². The van der Waals surface area contributed by atoms with Crippen LogP contribution in [0.15, 0.2) is 52.8 Å². The molecule has 0 aromatic heterocycles. The Balaban J connectivity index is 1.96. The Bertz CT molecular complexity index is 1860. The number of hydrogen-bond donors (Lipinski definition) is 3. The molecule has 0 saturated carbocycles. The van der Waals surface area contributed by atoms with E-state index in [1.165, 1.54) is 30.4 Å². The highest BCUT2D eigenvalue weighted by atomic mass is 32.2. The molecule has 1 amide bonds. The summed E-state index contributed by atoms with van der Waals surface area (Å²) in [5.41, 5.74) is -5.58. The molecule has 2 aliphatic carbocycles. The minimum absolute atomic E-state index is 0.0502. The van der Waals surface area contributed by atoms with Gasteiger partial charge in [-0.2, -0.15) is 0 Å². The van der Waals surface area contributed by atoms with Crippen molar-refractivity contribution in [2.75, 3.05) is 37.6 Å². The molecule has 1 aliphatic heterocycles. The van der Waals surface area contributed by atoms with Crippen molar-refractivity contribution < 1.29 is 67.3 Å². The third kappa shape index (κ3) is 11.2. The Morgan fingerprint density at radius 2 is 1.66 bits per heavy atom. The van der Waals surface area contributed by atoms with Crippen LogP contribution in [0.25, 0.3) is 0 Å². The number of thioether (sulfide) groups is 2. The second kappa shape index (κ2) is 21.0. The van der Waals surface area contributed by atoms with E-state index in [0.29, 0.717) is 5.94 Å². The summed E-state index contributed by atoms with van der Waals surface area (Å²) in [6.45, 7) is 16.5. The van der Waals surface area contributed by atoms with Crippen molar-refractivity contribution in [1.29, 1.82) is 0 Å². The lowest BCUT2D eigenvalue weighted by molar-refractivity contribution is -0.252. The number of benzene rings is 1. The van der Waals surface area contributed by atoms with Crippen LogP contribution in [0.3, 0.4) is 0 Å². The molecule has 17 heteroatoms. The fraction of sp³-hybridized carbons (Fsp3) is 0.667. The maximum Gasteiger partial charge on any atom is 0.407 e. The maximum absolute atomic E-state index is 15.3. The predicted molar refractivity (Wildman–Crippen MR) is 234 cm³/mol. The average Bonchev–Trinajstić information content (AvgIpc) is 3.17. The van der Waals surface area contributed by atoms with E-state index >= 15 is 4.79 Å². The molecule has 1 aromatic carbocycles. The van der Waals surface area contributed by atoms with E-state index in [4.69, 9.17) is 33.2 Å². The van der Waals surface area contributed by atoms with E-state index < -0.39 is 94.8 Å². The molecule has 62 heavy (non-hydrogen) atoms. The topological polar surface area (TPSA) is 202 Å². The molecule has 3 aliphatic rings. The van der Waals surface area contributed by atoms with Gasteiger partial charge in [-0.05, 0) is 82.7 Å². The van der Waals surface area contributed by atoms with E-state index in [-0.39, 0.29) is 66.0 Å². The van der Waals surface area contributed by atoms with Gasteiger partial charge in [-0.15, -0.1) is 23.5 Å². The van der Waals surface area contributed by atoms with Gasteiger partial charge >= 0.3 is 24.0 Å². The number of ketones is 1. The quantitative estimate of drug-likeness (QED) is 0.0498. The highest BCUT2D eigenvalue weighted by molar-refractivity contribution is 7.98. The largest absolute Gasteiger partial charge is 0.451 e. The lowest BCUT2D eigenvalue weighted by Gasteiger charge is -2.59. The summed E-state index contributed by atoms with van der Waals surface area (Å²) in [7, 11) is 0. The van der Waals surface area contributed by atoms with Crippen molar-refractivity contribution in [3.8, 4) is 0 Å². The van der Waals surface area contributed by atoms with Crippen molar-refractivity contribution in [3.05, 3.63) is 58.4 Å². The van der Waals surface area contributed by atoms with Crippen LogP contribution in [0.4, 0.5) is 4.79 Å². The standard InChI is InChI=1S/C45H65NO14S2/c1-25(2)20-30(46-41(52)60-42(6,7)8)35(48)40(51)57-31-21-45(53)38(58-39(50)29-16-14-13-15-17-29)34(44(59-28(5)47)22-55-32(44)18-19-54-23-61-11)27(4)37(56-24-62-12)36(49)33(26(31)3)43(45,9)10/h13-17,25,30,32-33,35,37-38,48,53H,18-24H2,1-12H3,(H,46,52)/t30-,32+,33?,35+,37?,38-,44-,45+/m0/s1. The average molecular weight is 908 g/mol. The smallest absolute Gasteiger partial charge is 0.407 e. The third-order valence-electron chi connectivity index (χ3n) is 11.6. The Kier molecular flexibility index (Phi) is 17.4. The Morgan fingerprint density at radius 3 is 2.21 bits per heavy atom. The molecule has 346 valence electrons. The van der Waals surface area contributed by atoms with E-state index in [0.717, 1.165) is 0 Å². The van der Waals surface area contributed by atoms with E-state index in [2.05, 4.69) is 5.32 Å². The molecular formula is C45H65NO14S2. The number of hydrogen-bond acceptors (Lipinski definition) is 16. The highest BCUT2D eigenvalue weighted by Crippen LogP contribution is 2.58. The Hall–Kier alpha value is -3.45. The second-order valence-corrected chi connectivity index (χ2v) is 19.7. The molecule has 1 saturated heterocycles. The van der Waals surface area contributed by atoms with Gasteiger partial charge in [0.05, 0.1) is 42.6 Å². The number of nitrogens with one attached hydrogen (secondary N) is 1. The van der Waals surface area contributed by atoms with Gasteiger partial charge in [0, 0.05) is 30.8 Å². The van der Waals surface area contributed by atoms with E-state index in [9.17, 15) is 29.4 Å². The highest BCUT2D eigenvalue weighted by Gasteiger charge is 2.69. The van der Waals surface area contributed by atoms with Gasteiger partial charge in [0.15, 0.2) is 23.6 Å². The zero-order chi connectivity index (χ0) is 46.4. The zero-order valence-electron chi connectivity index (χ0n) is 38.0. The summed E-state index contributed by atoms with van der Waals surface area (Å²) in [4.78, 5) is 69.7. The molecular weight excluding hydrogens is 843 g/mol. The van der Waals surface area contributed by atoms with Crippen molar-refractivity contribution >= 4 is 53.3 Å². The summed E-state index contributed by atoms with van der Waals surface area (Å²) in [6, 6.07) is 6.99. The minimum atomic E-state index is -2.28. The number of amides is 1. The van der Waals surface area contributed by atoms with Gasteiger partial charge in [-0.25, -0.2) is 14.4 Å². The van der Waals surface area contributed by atoms with Gasteiger partial charge in [-0.1, -0.05) is 45.9 Å². The molecule has 1 fully saturated rings. The van der Waals surface area contributed by atoms with Crippen LogP contribution in [0.1, 0.15) is 98.9 Å². The number of aliphatic hydroxyl groups is 2. The van der Waals surface area contributed by atoms with Crippen LogP contribution < -0.4 is 5.32 Å². The SMILES string of the molecule is CSCOCC[C@H]1OC[C@@]1(OC(C)=O)C1=C(C)C(OCSC)C(=O)C2C(C)=C(OC(=O)[C@H](O)[C@H](CC(C)C)NC(=O)OC(C)(C)C)C[C@@](O)([C@H]1OC(=O)c1ccccc1)C2(C)C. The Labute approximate surface area is 373 Å². The van der Waals surface area contributed by atoms with E-state index in [1.54, 1.807) is 85.1 Å². The number of rotatable bonds is 18. The number of ether oxygens (including phenoxy) is 7. The summed E-state index contributed by atoms with van der Waals surface area (Å²) in [5, 5.41) is 27.7. The molecule has 3 N–H and O–H groups in total. The number of Topliss-reactive ketones (excluding diaryl/α,β-unsaturated/α-hetero) is 1. The molecule has 8 atom stereocenters. The molecule has 1 heterocycles. The van der Waals surface area contributed by atoms with Gasteiger partial charge in [-0.3, -0.25) is 9.59 Å². The first-order valence-corrected chi connectivity index (χ1v) is 23.5. The first-order chi connectivity index (χ1) is 28.9. The summed E-state index contributed by atoms with van der Waals surface area (Å²) >= 11 is 2.79. The normalized spacial score (nSPS) is 27.0. The van der Waals surface area contributed by atoms with Gasteiger partial charge in [0.1, 0.15) is 29.2 Å². The number of carbonyl (C=O) groups excluding carboxylic acids is 5. The van der Waals surface area contributed by atoms with Crippen LogP contribution in [0.5, 0.6) is 0 Å². The first kappa shape index (κ1) is 51.2. The molecule has 4 rings (SSSR count). The van der Waals surface area contributed by atoms with Crippen molar-refractivity contribution in [3.63, 3.8) is 0 Å². The number of esters is 3. The van der Waals surface area contributed by atoms with Gasteiger partial charge in [0.25, 0.3) is 0 Å². The molecule has 1 aromatic rings. The van der Waals surface area contributed by atoms with Gasteiger partial charge in [0.2, 0.25) is 0 Å². The number of allylic oxidation sites excluding steroid dienone is 1. The summed E-state index contributed by atoms with van der Waals surface area (Å²) in [6.07, 6.45) is -3.12. The van der Waals surface area contributed by atoms with Crippen LogP contribution in [-0.4, -0.2) is 125 Å². The third-order valence-corrected chi connectivity index (χ3v) is 12.4. The van der Waals surface area contributed by atoms with Crippen molar-refractivity contribution in [1.82, 2.24) is 5.32 Å². The number of aliphatic hydroxyl groups excluding tert-OH is 1. The van der Waals surface area contributed by atoms with Crippen LogP contribution in [0.2, 0.25) is 0 Å². The van der Waals surface area contributed by atoms with Gasteiger partial charge < -0.3 is 48.7 Å². The fourth-order valence-corrected chi connectivity index (χ4v) is 9.23. The molecule has 15 nitrogen and oxygen atoms in total. The van der Waals surface area contributed by atoms with Crippen LogP contribution >= 0.6 is 23.5 Å². The molecule has 0 radical (unpaired) electrons. The fourth-order valence-electron chi connectivity index (χ4n) is 8.68. The molecule has 2 bridgehead atoms. The number of fused-ring (bicyclic) bond motifs is 2. The monoisotopic (exact) mass is 907 g/mol. The predicted octanol–water partition coefficient (Wildman–Crippen LogP) is 6.14. The van der Waals surface area contributed by atoms with Crippen LogP contribution in [-0.2, 0) is 47.5 Å². The summed E-state index contributed by atoms with van der Waals surface area (Å²) < 4.78 is 42.4. The number of carbonyl (C=O) groups is 5. The Morgan fingerprint density at radius 1 is 1.02 bits per heavy atom. The number of alkyl carbamates (subject to hydrolysis) is 1. The molecule has 2 unspecified atom stereocenters. The first-order valence-electron chi connectivity index (χ1n) is 20.8. The van der Waals surface area contributed by atoms with Crippen molar-refractivity contribution in [2.45, 2.75) is 136 Å².